The summed E-state index contributed by atoms with van der Waals surface area (Å²) in [5.41, 5.74) is 4.04. The molecule has 1 fully saturated rings. The monoisotopic (exact) mass is 258 g/mol. The number of nitrogens with one attached hydrogen (secondary N) is 1. The van der Waals surface area contributed by atoms with Gasteiger partial charge in [0.15, 0.2) is 0 Å². The lowest BCUT2D eigenvalue weighted by Crippen LogP contribution is -2.34. The van der Waals surface area contributed by atoms with E-state index in [9.17, 15) is 5.11 Å². The van der Waals surface area contributed by atoms with E-state index in [0.29, 0.717) is 12.6 Å². The zero-order chi connectivity index (χ0) is 13.1. The number of hydrogen-bond acceptors (Lipinski definition) is 3. The summed E-state index contributed by atoms with van der Waals surface area (Å²) in [6.45, 7) is 3.42. The minimum atomic E-state index is 0.301. The SMILES string of the molecule is OC[C@@H]1CCCN1CCC1=Cc2ccccc2CN1. The van der Waals surface area contributed by atoms with Crippen LogP contribution in [0.1, 0.15) is 30.4 Å². The summed E-state index contributed by atoms with van der Waals surface area (Å²) in [4.78, 5) is 2.42. The van der Waals surface area contributed by atoms with Crippen molar-refractivity contribution in [1.29, 1.82) is 0 Å². The zero-order valence-corrected chi connectivity index (χ0v) is 11.3. The minimum absolute atomic E-state index is 0.301. The van der Waals surface area contributed by atoms with E-state index in [1.54, 1.807) is 0 Å². The third kappa shape index (κ3) is 2.82. The second kappa shape index (κ2) is 5.76. The lowest BCUT2D eigenvalue weighted by Gasteiger charge is -2.25. The second-order valence-electron chi connectivity index (χ2n) is 5.49. The molecule has 1 aromatic carbocycles. The van der Waals surface area contributed by atoms with E-state index in [4.69, 9.17) is 0 Å². The first kappa shape index (κ1) is 12.7. The molecule has 0 amide bonds. The molecule has 0 unspecified atom stereocenters. The van der Waals surface area contributed by atoms with Gasteiger partial charge in [0, 0.05) is 24.8 Å². The summed E-state index contributed by atoms with van der Waals surface area (Å²) in [7, 11) is 0. The third-order valence-corrected chi connectivity index (χ3v) is 4.27. The fourth-order valence-electron chi connectivity index (χ4n) is 3.10. The summed E-state index contributed by atoms with van der Waals surface area (Å²) >= 11 is 0. The summed E-state index contributed by atoms with van der Waals surface area (Å²) in [5.74, 6) is 0. The van der Waals surface area contributed by atoms with Gasteiger partial charge in [-0.15, -0.1) is 0 Å². The molecule has 0 aromatic heterocycles. The van der Waals surface area contributed by atoms with Crippen LogP contribution in [0.15, 0.2) is 30.0 Å². The van der Waals surface area contributed by atoms with E-state index in [2.05, 4.69) is 40.6 Å². The van der Waals surface area contributed by atoms with Gasteiger partial charge in [-0.25, -0.2) is 0 Å². The molecular weight excluding hydrogens is 236 g/mol. The van der Waals surface area contributed by atoms with Gasteiger partial charge in [-0.05, 0) is 43.0 Å². The molecule has 3 heteroatoms. The van der Waals surface area contributed by atoms with Crippen LogP contribution in [0.4, 0.5) is 0 Å². The molecule has 2 aliphatic heterocycles. The number of rotatable bonds is 4. The summed E-state index contributed by atoms with van der Waals surface area (Å²) in [5, 5.41) is 12.8. The fourth-order valence-corrected chi connectivity index (χ4v) is 3.10. The first-order chi connectivity index (χ1) is 9.36. The number of aliphatic hydroxyl groups excluding tert-OH is 1. The van der Waals surface area contributed by atoms with Gasteiger partial charge in [-0.2, -0.15) is 0 Å². The van der Waals surface area contributed by atoms with Crippen LogP contribution in [0.25, 0.3) is 6.08 Å². The molecule has 1 saturated heterocycles. The van der Waals surface area contributed by atoms with Crippen molar-refractivity contribution >= 4 is 6.08 Å². The molecule has 0 bridgehead atoms. The van der Waals surface area contributed by atoms with Crippen molar-refractivity contribution < 1.29 is 5.11 Å². The summed E-state index contributed by atoms with van der Waals surface area (Å²) < 4.78 is 0. The molecule has 0 spiro atoms. The topological polar surface area (TPSA) is 35.5 Å². The highest BCUT2D eigenvalue weighted by atomic mass is 16.3. The Labute approximate surface area is 114 Å². The van der Waals surface area contributed by atoms with E-state index in [1.807, 2.05) is 0 Å². The average molecular weight is 258 g/mol. The van der Waals surface area contributed by atoms with Crippen LogP contribution in [0.3, 0.4) is 0 Å². The Hall–Kier alpha value is -1.32. The maximum Gasteiger partial charge on any atom is 0.0586 e. The number of nitrogens with zero attached hydrogens (tertiary/aromatic N) is 1. The highest BCUT2D eigenvalue weighted by Crippen LogP contribution is 2.21. The maximum atomic E-state index is 9.33. The second-order valence-corrected chi connectivity index (χ2v) is 5.49. The molecule has 0 saturated carbocycles. The molecular formula is C16H22N2O. The molecule has 1 aromatic rings. The van der Waals surface area contributed by atoms with Crippen molar-refractivity contribution in [3.63, 3.8) is 0 Å². The number of fused-ring (bicyclic) bond motifs is 1. The van der Waals surface area contributed by atoms with Gasteiger partial charge in [0.25, 0.3) is 0 Å². The van der Waals surface area contributed by atoms with E-state index in [1.165, 1.54) is 23.2 Å². The van der Waals surface area contributed by atoms with E-state index >= 15 is 0 Å². The van der Waals surface area contributed by atoms with Gasteiger partial charge < -0.3 is 10.4 Å². The van der Waals surface area contributed by atoms with Gasteiger partial charge in [0.05, 0.1) is 6.61 Å². The van der Waals surface area contributed by atoms with Crippen molar-refractivity contribution in [1.82, 2.24) is 10.2 Å². The van der Waals surface area contributed by atoms with E-state index < -0.39 is 0 Å². The Kier molecular flexibility index (Phi) is 3.85. The lowest BCUT2D eigenvalue weighted by atomic mass is 10.0. The van der Waals surface area contributed by atoms with Crippen molar-refractivity contribution in [3.05, 3.63) is 41.1 Å². The summed E-state index contributed by atoms with van der Waals surface area (Å²) in [6.07, 6.45) is 5.68. The molecule has 2 aliphatic rings. The van der Waals surface area contributed by atoms with Crippen LogP contribution >= 0.6 is 0 Å². The van der Waals surface area contributed by atoms with Crippen LogP contribution in [0, 0.1) is 0 Å². The van der Waals surface area contributed by atoms with Gasteiger partial charge in [-0.3, -0.25) is 4.90 Å². The highest BCUT2D eigenvalue weighted by Gasteiger charge is 2.23. The van der Waals surface area contributed by atoms with Crippen LogP contribution < -0.4 is 5.32 Å². The number of benzene rings is 1. The predicted molar refractivity (Wildman–Crippen MR) is 77.6 cm³/mol. The normalized spacial score (nSPS) is 22.8. The van der Waals surface area contributed by atoms with Crippen LogP contribution in [0.5, 0.6) is 0 Å². The van der Waals surface area contributed by atoms with Crippen molar-refractivity contribution in [2.75, 3.05) is 19.7 Å². The van der Waals surface area contributed by atoms with E-state index in [-0.39, 0.29) is 0 Å². The number of aliphatic hydroxyl groups is 1. The van der Waals surface area contributed by atoms with Crippen molar-refractivity contribution in [2.24, 2.45) is 0 Å². The highest BCUT2D eigenvalue weighted by molar-refractivity contribution is 5.58. The predicted octanol–water partition coefficient (Wildman–Crippen LogP) is 1.98. The smallest absolute Gasteiger partial charge is 0.0586 e. The zero-order valence-electron chi connectivity index (χ0n) is 11.3. The molecule has 2 heterocycles. The van der Waals surface area contributed by atoms with E-state index in [0.717, 1.165) is 32.5 Å². The Morgan fingerprint density at radius 1 is 1.32 bits per heavy atom. The Morgan fingerprint density at radius 2 is 2.21 bits per heavy atom. The first-order valence-corrected chi connectivity index (χ1v) is 7.24. The Morgan fingerprint density at radius 3 is 3.11 bits per heavy atom. The molecule has 0 aliphatic carbocycles. The van der Waals surface area contributed by atoms with Crippen LogP contribution in [-0.2, 0) is 6.54 Å². The van der Waals surface area contributed by atoms with Gasteiger partial charge in [0.1, 0.15) is 0 Å². The molecule has 3 rings (SSSR count). The minimum Gasteiger partial charge on any atom is -0.395 e. The van der Waals surface area contributed by atoms with Crippen molar-refractivity contribution in [3.8, 4) is 0 Å². The molecule has 102 valence electrons. The number of hydrogen-bond donors (Lipinski definition) is 2. The first-order valence-electron chi connectivity index (χ1n) is 7.24. The van der Waals surface area contributed by atoms with Crippen LogP contribution in [0.2, 0.25) is 0 Å². The summed E-state index contributed by atoms with van der Waals surface area (Å²) in [6, 6.07) is 8.94. The Balaban J connectivity index is 1.61. The fraction of sp³-hybridized carbons (Fsp3) is 0.500. The average Bonchev–Trinajstić information content (AvgIpc) is 2.92. The molecule has 19 heavy (non-hydrogen) atoms. The Bertz CT molecular complexity index is 470. The van der Waals surface area contributed by atoms with Gasteiger partial charge >= 0.3 is 0 Å². The molecule has 0 radical (unpaired) electrons. The lowest BCUT2D eigenvalue weighted by molar-refractivity contribution is 0.159. The quantitative estimate of drug-likeness (QED) is 0.867. The molecule has 3 nitrogen and oxygen atoms in total. The molecule has 1 atom stereocenters. The number of likely N-dealkylation sites (tertiary alicyclic amines) is 1. The van der Waals surface area contributed by atoms with Gasteiger partial charge in [0.2, 0.25) is 0 Å². The van der Waals surface area contributed by atoms with Crippen molar-refractivity contribution in [2.45, 2.75) is 31.8 Å². The van der Waals surface area contributed by atoms with Gasteiger partial charge in [-0.1, -0.05) is 24.3 Å². The standard InChI is InChI=1S/C16H22N2O/c19-12-16-6-3-8-18(16)9-7-15-10-13-4-1-2-5-14(13)11-17-15/h1-2,4-5,10,16-17,19H,3,6-9,11-12H2/t16-/m0/s1. The largest absolute Gasteiger partial charge is 0.395 e. The van der Waals surface area contributed by atoms with Crippen LogP contribution in [-0.4, -0.2) is 35.7 Å². The third-order valence-electron chi connectivity index (χ3n) is 4.27. The molecule has 2 N–H and O–H groups in total. The maximum absolute atomic E-state index is 9.33.